The molecule has 0 spiro atoms. The molecule has 2 atom stereocenters. The number of aliphatic hydroxyl groups is 5. The van der Waals surface area contributed by atoms with Crippen LogP contribution in [0.4, 0.5) is 0 Å². The minimum Gasteiger partial charge on any atom is -0.394 e. The molecule has 158 valence electrons. The van der Waals surface area contributed by atoms with Crippen LogP contribution in [0, 0.1) is 0 Å². The van der Waals surface area contributed by atoms with Crippen molar-refractivity contribution in [2.24, 2.45) is 0 Å². The molecule has 5 heteroatoms. The largest absolute Gasteiger partial charge is 0.394 e. The first kappa shape index (κ1) is 27.8. The van der Waals surface area contributed by atoms with Crippen molar-refractivity contribution in [2.45, 2.75) is 109 Å². The molecular formula is C21H44O5. The van der Waals surface area contributed by atoms with E-state index in [1.807, 2.05) is 12.2 Å². The van der Waals surface area contributed by atoms with Gasteiger partial charge in [-0.1, -0.05) is 77.4 Å². The third kappa shape index (κ3) is 23.5. The Balaban J connectivity index is 0. The van der Waals surface area contributed by atoms with Crippen molar-refractivity contribution in [1.82, 2.24) is 0 Å². The number of hydrogen-bond acceptors (Lipinski definition) is 5. The maximum atomic E-state index is 9.80. The normalized spacial score (nSPS) is 13.7. The Morgan fingerprint density at radius 2 is 0.962 bits per heavy atom. The lowest BCUT2D eigenvalue weighted by Gasteiger charge is -2.08. The third-order valence-electron chi connectivity index (χ3n) is 4.19. The molecule has 26 heavy (non-hydrogen) atoms. The first-order valence-corrected chi connectivity index (χ1v) is 10.4. The molecule has 5 nitrogen and oxygen atoms in total. The molecule has 0 saturated carbocycles. The summed E-state index contributed by atoms with van der Waals surface area (Å²) in [6, 6.07) is 0. The van der Waals surface area contributed by atoms with Gasteiger partial charge in [-0.3, -0.25) is 0 Å². The van der Waals surface area contributed by atoms with Crippen LogP contribution in [0.1, 0.15) is 90.9 Å². The third-order valence-corrected chi connectivity index (χ3v) is 4.19. The zero-order valence-electron chi connectivity index (χ0n) is 17.0. The van der Waals surface area contributed by atoms with Crippen LogP contribution in [0.3, 0.4) is 0 Å². The van der Waals surface area contributed by atoms with Crippen LogP contribution in [0.5, 0.6) is 0 Å². The molecular weight excluding hydrogens is 332 g/mol. The van der Waals surface area contributed by atoms with Gasteiger partial charge in [-0.25, -0.2) is 0 Å². The molecule has 0 aromatic heterocycles. The van der Waals surface area contributed by atoms with Gasteiger partial charge >= 0.3 is 0 Å². The van der Waals surface area contributed by atoms with Gasteiger partial charge in [0.1, 0.15) is 6.10 Å². The molecule has 5 N–H and O–H groups in total. The summed E-state index contributed by atoms with van der Waals surface area (Å²) in [5.41, 5.74) is 0. The Kier molecular flexibility index (Phi) is 24.1. The number of aliphatic hydroxyl groups excluding tert-OH is 5. The molecule has 0 fully saturated rings. The zero-order chi connectivity index (χ0) is 20.0. The van der Waals surface area contributed by atoms with Crippen molar-refractivity contribution in [3.8, 4) is 0 Å². The van der Waals surface area contributed by atoms with Crippen LogP contribution in [-0.4, -0.2) is 57.1 Å². The van der Waals surface area contributed by atoms with Gasteiger partial charge < -0.3 is 25.5 Å². The van der Waals surface area contributed by atoms with E-state index in [0.717, 1.165) is 38.5 Å². The standard InChI is InChI=1S/C18H36O2.C3H8O3/c1-3-5-7-9-13-17(19)15-11-12-16-18(20)14-10-8-6-4-2;4-1-3(6)2-5/h11-12,17-20H,3-10,13-16H2,1-2H3;3-6H,1-2H2. The van der Waals surface area contributed by atoms with E-state index in [1.165, 1.54) is 38.5 Å². The van der Waals surface area contributed by atoms with Crippen LogP contribution >= 0.6 is 0 Å². The summed E-state index contributed by atoms with van der Waals surface area (Å²) < 4.78 is 0. The molecule has 0 aromatic rings. The molecule has 0 aliphatic rings. The van der Waals surface area contributed by atoms with Gasteiger partial charge in [0.25, 0.3) is 0 Å². The van der Waals surface area contributed by atoms with Crippen LogP contribution in [0.15, 0.2) is 12.2 Å². The molecule has 0 saturated heterocycles. The Morgan fingerprint density at radius 1 is 0.577 bits per heavy atom. The van der Waals surface area contributed by atoms with Crippen molar-refractivity contribution in [2.75, 3.05) is 13.2 Å². The maximum Gasteiger partial charge on any atom is 0.100 e. The zero-order valence-corrected chi connectivity index (χ0v) is 17.0. The van der Waals surface area contributed by atoms with E-state index in [1.54, 1.807) is 0 Å². The van der Waals surface area contributed by atoms with Crippen molar-refractivity contribution in [3.63, 3.8) is 0 Å². The number of unbranched alkanes of at least 4 members (excludes halogenated alkanes) is 6. The second kappa shape index (κ2) is 22.6. The lowest BCUT2D eigenvalue weighted by Crippen LogP contribution is -2.15. The minimum atomic E-state index is -0.954. The van der Waals surface area contributed by atoms with E-state index in [2.05, 4.69) is 13.8 Å². The van der Waals surface area contributed by atoms with Crippen molar-refractivity contribution >= 4 is 0 Å². The Hall–Kier alpha value is -0.460. The van der Waals surface area contributed by atoms with Gasteiger partial charge in [0.2, 0.25) is 0 Å². The Morgan fingerprint density at radius 3 is 1.23 bits per heavy atom. The van der Waals surface area contributed by atoms with Crippen molar-refractivity contribution < 1.29 is 25.5 Å². The van der Waals surface area contributed by atoms with Crippen LogP contribution in [-0.2, 0) is 0 Å². The quantitative estimate of drug-likeness (QED) is 0.210. The second-order valence-corrected chi connectivity index (χ2v) is 6.97. The summed E-state index contributed by atoms with van der Waals surface area (Å²) in [5.74, 6) is 0. The highest BCUT2D eigenvalue weighted by Crippen LogP contribution is 2.10. The lowest BCUT2D eigenvalue weighted by atomic mass is 10.0. The van der Waals surface area contributed by atoms with Gasteiger partial charge in [-0.05, 0) is 25.7 Å². The van der Waals surface area contributed by atoms with E-state index in [9.17, 15) is 10.2 Å². The second-order valence-electron chi connectivity index (χ2n) is 6.97. The van der Waals surface area contributed by atoms with Crippen LogP contribution in [0.2, 0.25) is 0 Å². The SMILES string of the molecule is CCCCCCC(O)CC=CCC(O)CCCCCC.OCC(O)CO. The smallest absolute Gasteiger partial charge is 0.100 e. The first-order valence-electron chi connectivity index (χ1n) is 10.4. The fourth-order valence-corrected chi connectivity index (χ4v) is 2.41. The summed E-state index contributed by atoms with van der Waals surface area (Å²) in [6.07, 6.45) is 15.7. The predicted molar refractivity (Wildman–Crippen MR) is 108 cm³/mol. The van der Waals surface area contributed by atoms with Gasteiger partial charge in [0.15, 0.2) is 0 Å². The average molecular weight is 377 g/mol. The Bertz CT molecular complexity index is 258. The topological polar surface area (TPSA) is 101 Å². The lowest BCUT2D eigenvalue weighted by molar-refractivity contribution is 0.0450. The molecule has 0 radical (unpaired) electrons. The van der Waals surface area contributed by atoms with E-state index in [-0.39, 0.29) is 25.4 Å². The van der Waals surface area contributed by atoms with Gasteiger partial charge in [0.05, 0.1) is 25.4 Å². The summed E-state index contributed by atoms with van der Waals surface area (Å²) in [6.45, 7) is 3.67. The van der Waals surface area contributed by atoms with Crippen LogP contribution < -0.4 is 0 Å². The summed E-state index contributed by atoms with van der Waals surface area (Å²) in [5, 5.41) is 43.6. The number of rotatable bonds is 16. The monoisotopic (exact) mass is 376 g/mol. The van der Waals surface area contributed by atoms with E-state index >= 15 is 0 Å². The number of hydrogen-bond donors (Lipinski definition) is 5. The summed E-state index contributed by atoms with van der Waals surface area (Å²) >= 11 is 0. The highest BCUT2D eigenvalue weighted by molar-refractivity contribution is 4.86. The summed E-state index contributed by atoms with van der Waals surface area (Å²) in [4.78, 5) is 0. The highest BCUT2D eigenvalue weighted by Gasteiger charge is 2.03. The van der Waals surface area contributed by atoms with E-state index in [0.29, 0.717) is 0 Å². The molecule has 0 amide bonds. The molecule has 0 rings (SSSR count). The fourth-order valence-electron chi connectivity index (χ4n) is 2.41. The predicted octanol–water partition coefficient (Wildman–Crippen LogP) is 3.32. The van der Waals surface area contributed by atoms with Gasteiger partial charge in [-0.15, -0.1) is 0 Å². The molecule has 0 heterocycles. The minimum absolute atomic E-state index is 0.204. The Labute approximate surface area is 160 Å². The average Bonchev–Trinajstić information content (AvgIpc) is 2.65. The maximum absolute atomic E-state index is 9.80. The molecule has 0 bridgehead atoms. The van der Waals surface area contributed by atoms with Crippen LogP contribution in [0.25, 0.3) is 0 Å². The first-order chi connectivity index (χ1) is 12.5. The molecule has 0 aliphatic heterocycles. The van der Waals surface area contributed by atoms with Crippen molar-refractivity contribution in [1.29, 1.82) is 0 Å². The van der Waals surface area contributed by atoms with E-state index < -0.39 is 6.10 Å². The van der Waals surface area contributed by atoms with Gasteiger partial charge in [-0.2, -0.15) is 0 Å². The fraction of sp³-hybridized carbons (Fsp3) is 0.905. The van der Waals surface area contributed by atoms with Gasteiger partial charge in [0, 0.05) is 0 Å². The van der Waals surface area contributed by atoms with Crippen molar-refractivity contribution in [3.05, 3.63) is 12.2 Å². The molecule has 0 aromatic carbocycles. The molecule has 0 aliphatic carbocycles. The highest BCUT2D eigenvalue weighted by atomic mass is 16.3. The van der Waals surface area contributed by atoms with E-state index in [4.69, 9.17) is 15.3 Å². The molecule has 2 unspecified atom stereocenters. The summed E-state index contributed by atoms with van der Waals surface area (Å²) in [7, 11) is 0.